The number of hydrogen-bond donors (Lipinski definition) is 0. The monoisotopic (exact) mass is 295 g/mol. The van der Waals surface area contributed by atoms with E-state index < -0.39 is 4.92 Å². The van der Waals surface area contributed by atoms with Crippen LogP contribution in [0.2, 0.25) is 0 Å². The molecular formula is C15H21NO5. The van der Waals surface area contributed by atoms with Gasteiger partial charge in [-0.2, -0.15) is 0 Å². The molecule has 0 amide bonds. The highest BCUT2D eigenvalue weighted by molar-refractivity contribution is 5.54. The van der Waals surface area contributed by atoms with Gasteiger partial charge in [0.25, 0.3) is 5.69 Å². The molecule has 0 atom stereocenters. The van der Waals surface area contributed by atoms with Crippen LogP contribution >= 0.6 is 0 Å². The van der Waals surface area contributed by atoms with E-state index in [4.69, 9.17) is 14.2 Å². The summed E-state index contributed by atoms with van der Waals surface area (Å²) in [5.74, 6) is 0.785. The van der Waals surface area contributed by atoms with Crippen LogP contribution < -0.4 is 9.47 Å². The molecule has 0 unspecified atom stereocenters. The summed E-state index contributed by atoms with van der Waals surface area (Å²) in [6.07, 6.45) is 4.70. The smallest absolute Gasteiger partial charge is 0.278 e. The molecule has 1 aromatic rings. The lowest BCUT2D eigenvalue weighted by molar-refractivity contribution is -0.386. The summed E-state index contributed by atoms with van der Waals surface area (Å²) in [7, 11) is 2.93. The van der Waals surface area contributed by atoms with Crippen LogP contribution in [0.5, 0.6) is 11.5 Å². The minimum Gasteiger partial charge on any atom is -0.493 e. The maximum absolute atomic E-state index is 11.1. The lowest BCUT2D eigenvalue weighted by Gasteiger charge is -2.11. The molecule has 6 nitrogen and oxygen atoms in total. The normalized spacial score (nSPS) is 10.2. The van der Waals surface area contributed by atoms with E-state index >= 15 is 0 Å². The fourth-order valence-electron chi connectivity index (χ4n) is 1.87. The zero-order valence-corrected chi connectivity index (χ0v) is 12.5. The molecule has 0 aliphatic rings. The number of nitro groups is 1. The zero-order valence-electron chi connectivity index (χ0n) is 12.5. The Hall–Kier alpha value is -2.08. The van der Waals surface area contributed by atoms with Gasteiger partial charge in [0.05, 0.1) is 37.4 Å². The predicted octanol–water partition coefficient (Wildman–Crippen LogP) is 3.48. The molecule has 0 fully saturated rings. The quantitative estimate of drug-likeness (QED) is 0.286. The van der Waals surface area contributed by atoms with Crippen molar-refractivity contribution in [1.29, 1.82) is 0 Å². The SMILES string of the molecule is C=CCCCCOCc1cc(OC)c(OC)cc1[N+](=O)[O-]. The summed E-state index contributed by atoms with van der Waals surface area (Å²) in [6.45, 7) is 4.38. The van der Waals surface area contributed by atoms with Gasteiger partial charge in [0.2, 0.25) is 0 Å². The highest BCUT2D eigenvalue weighted by Gasteiger charge is 2.19. The molecule has 0 aliphatic carbocycles. The van der Waals surface area contributed by atoms with Crippen molar-refractivity contribution in [3.63, 3.8) is 0 Å². The molecule has 116 valence electrons. The fourth-order valence-corrected chi connectivity index (χ4v) is 1.87. The van der Waals surface area contributed by atoms with Crippen molar-refractivity contribution in [2.24, 2.45) is 0 Å². The second-order valence-electron chi connectivity index (χ2n) is 4.43. The van der Waals surface area contributed by atoms with Crippen LogP contribution in [0.3, 0.4) is 0 Å². The molecule has 1 rings (SSSR count). The average molecular weight is 295 g/mol. The van der Waals surface area contributed by atoms with Crippen molar-refractivity contribution in [3.8, 4) is 11.5 Å². The van der Waals surface area contributed by atoms with Crippen molar-refractivity contribution in [2.75, 3.05) is 20.8 Å². The molecular weight excluding hydrogens is 274 g/mol. The van der Waals surface area contributed by atoms with Crippen molar-refractivity contribution in [1.82, 2.24) is 0 Å². The molecule has 0 saturated carbocycles. The summed E-state index contributed by atoms with van der Waals surface area (Å²) in [5, 5.41) is 11.1. The van der Waals surface area contributed by atoms with E-state index in [1.165, 1.54) is 20.3 Å². The van der Waals surface area contributed by atoms with Gasteiger partial charge in [-0.25, -0.2) is 0 Å². The van der Waals surface area contributed by atoms with Crippen LogP contribution in [0.4, 0.5) is 5.69 Å². The van der Waals surface area contributed by atoms with Crippen molar-refractivity contribution in [3.05, 3.63) is 40.5 Å². The van der Waals surface area contributed by atoms with Crippen LogP contribution in [-0.2, 0) is 11.3 Å². The zero-order chi connectivity index (χ0) is 15.7. The van der Waals surface area contributed by atoms with Gasteiger partial charge in [-0.15, -0.1) is 6.58 Å². The van der Waals surface area contributed by atoms with Crippen molar-refractivity contribution < 1.29 is 19.1 Å². The Morgan fingerprint density at radius 1 is 1.24 bits per heavy atom. The van der Waals surface area contributed by atoms with Crippen molar-refractivity contribution in [2.45, 2.75) is 25.9 Å². The Balaban J connectivity index is 2.74. The van der Waals surface area contributed by atoms with Crippen molar-refractivity contribution >= 4 is 5.69 Å². The highest BCUT2D eigenvalue weighted by Crippen LogP contribution is 2.34. The first-order chi connectivity index (χ1) is 10.1. The van der Waals surface area contributed by atoms with Crippen LogP contribution in [-0.4, -0.2) is 25.7 Å². The highest BCUT2D eigenvalue weighted by atomic mass is 16.6. The van der Waals surface area contributed by atoms with E-state index in [1.54, 1.807) is 6.07 Å². The summed E-state index contributed by atoms with van der Waals surface area (Å²) in [5.41, 5.74) is 0.445. The van der Waals surface area contributed by atoms with Gasteiger partial charge in [-0.1, -0.05) is 6.08 Å². The second kappa shape index (κ2) is 8.97. The Kier molecular flexibility index (Phi) is 7.25. The number of ether oxygens (including phenoxy) is 3. The third-order valence-electron chi connectivity index (χ3n) is 2.99. The second-order valence-corrected chi connectivity index (χ2v) is 4.43. The van der Waals surface area contributed by atoms with Gasteiger partial charge in [0, 0.05) is 6.61 Å². The third kappa shape index (κ3) is 5.07. The minimum atomic E-state index is -0.446. The van der Waals surface area contributed by atoms with Crippen LogP contribution in [0.25, 0.3) is 0 Å². The number of rotatable bonds is 10. The predicted molar refractivity (Wildman–Crippen MR) is 79.9 cm³/mol. The largest absolute Gasteiger partial charge is 0.493 e. The van der Waals surface area contributed by atoms with Crippen LogP contribution in [0.1, 0.15) is 24.8 Å². The fraction of sp³-hybridized carbons (Fsp3) is 0.467. The molecule has 0 N–H and O–H groups in total. The van der Waals surface area contributed by atoms with Gasteiger partial charge in [-0.3, -0.25) is 10.1 Å². The Bertz CT molecular complexity index is 487. The van der Waals surface area contributed by atoms with Crippen LogP contribution in [0.15, 0.2) is 24.8 Å². The number of benzene rings is 1. The molecule has 0 heterocycles. The first-order valence-corrected chi connectivity index (χ1v) is 6.72. The Labute approximate surface area is 124 Å². The lowest BCUT2D eigenvalue weighted by Crippen LogP contribution is -2.02. The summed E-state index contributed by atoms with van der Waals surface area (Å²) < 4.78 is 15.7. The third-order valence-corrected chi connectivity index (χ3v) is 2.99. The Morgan fingerprint density at radius 2 is 1.90 bits per heavy atom. The maximum atomic E-state index is 11.1. The summed E-state index contributed by atoms with van der Waals surface area (Å²) >= 11 is 0. The first kappa shape index (κ1) is 17.0. The molecule has 0 bridgehead atoms. The number of methoxy groups -OCH3 is 2. The van der Waals surface area contributed by atoms with E-state index in [0.717, 1.165) is 19.3 Å². The molecule has 6 heteroatoms. The van der Waals surface area contributed by atoms with E-state index in [9.17, 15) is 10.1 Å². The van der Waals surface area contributed by atoms with Gasteiger partial charge < -0.3 is 14.2 Å². The van der Waals surface area contributed by atoms with E-state index in [0.29, 0.717) is 23.7 Å². The average Bonchev–Trinajstić information content (AvgIpc) is 2.49. The molecule has 0 aliphatic heterocycles. The van der Waals surface area contributed by atoms with E-state index in [1.807, 2.05) is 6.08 Å². The lowest BCUT2D eigenvalue weighted by atomic mass is 10.1. The van der Waals surface area contributed by atoms with Gasteiger partial charge in [0.15, 0.2) is 11.5 Å². The van der Waals surface area contributed by atoms with Crippen LogP contribution in [0, 0.1) is 10.1 Å². The number of nitro benzene ring substituents is 1. The molecule has 0 saturated heterocycles. The first-order valence-electron chi connectivity index (χ1n) is 6.72. The molecule has 0 aromatic heterocycles. The molecule has 0 radical (unpaired) electrons. The Morgan fingerprint density at radius 3 is 2.48 bits per heavy atom. The topological polar surface area (TPSA) is 70.8 Å². The number of hydrogen-bond acceptors (Lipinski definition) is 5. The maximum Gasteiger partial charge on any atom is 0.278 e. The van der Waals surface area contributed by atoms with Gasteiger partial charge in [0.1, 0.15) is 0 Å². The van der Waals surface area contributed by atoms with E-state index in [2.05, 4.69) is 6.58 Å². The van der Waals surface area contributed by atoms with Gasteiger partial charge >= 0.3 is 0 Å². The minimum absolute atomic E-state index is 0.0289. The molecule has 21 heavy (non-hydrogen) atoms. The number of nitrogens with zero attached hydrogens (tertiary/aromatic N) is 1. The number of allylic oxidation sites excluding steroid dienone is 1. The number of unbranched alkanes of at least 4 members (excludes halogenated alkanes) is 2. The van der Waals surface area contributed by atoms with E-state index in [-0.39, 0.29) is 12.3 Å². The molecule has 0 spiro atoms. The molecule has 1 aromatic carbocycles. The standard InChI is InChI=1S/C15H21NO5/c1-4-5-6-7-8-21-11-12-9-14(19-2)15(20-3)10-13(12)16(17)18/h4,9-10H,1,5-8,11H2,2-3H3. The van der Waals surface area contributed by atoms with Gasteiger partial charge in [-0.05, 0) is 25.3 Å². The summed E-state index contributed by atoms with van der Waals surface area (Å²) in [4.78, 5) is 10.7. The summed E-state index contributed by atoms with van der Waals surface area (Å²) in [6, 6.07) is 2.94.